The normalized spacial score (nSPS) is 20.4. The number of carbonyl (C=O) groups is 2. The zero-order chi connectivity index (χ0) is 21.6. The molecular weight excluding hydrogens is 406 g/mol. The van der Waals surface area contributed by atoms with Crippen LogP contribution >= 0.6 is 0 Å². The van der Waals surface area contributed by atoms with Crippen molar-refractivity contribution in [3.05, 3.63) is 30.3 Å². The molecule has 2 fully saturated rings. The summed E-state index contributed by atoms with van der Waals surface area (Å²) in [4.78, 5) is 26.8. The lowest BCUT2D eigenvalue weighted by atomic mass is 10.0. The molecule has 2 heterocycles. The lowest BCUT2D eigenvalue weighted by molar-refractivity contribution is -0.122. The number of para-hydroxylation sites is 1. The summed E-state index contributed by atoms with van der Waals surface area (Å²) in [6.07, 6.45) is 2.27. The van der Waals surface area contributed by atoms with E-state index in [1.165, 1.54) is 6.92 Å². The second kappa shape index (κ2) is 10.4. The highest BCUT2D eigenvalue weighted by Crippen LogP contribution is 2.21. The van der Waals surface area contributed by atoms with Gasteiger partial charge in [0, 0.05) is 38.0 Å². The first-order chi connectivity index (χ1) is 14.4. The molecule has 1 aromatic carbocycles. The summed E-state index contributed by atoms with van der Waals surface area (Å²) in [5, 5.41) is 4.21. The fraction of sp³-hybridized carbons (Fsp3) is 0.619. The van der Waals surface area contributed by atoms with Crippen molar-refractivity contribution >= 4 is 27.3 Å². The average molecular weight is 438 g/mol. The summed E-state index contributed by atoms with van der Waals surface area (Å²) < 4.78 is 30.7. The molecule has 1 aromatic rings. The van der Waals surface area contributed by atoms with Gasteiger partial charge in [-0.25, -0.2) is 8.42 Å². The van der Waals surface area contributed by atoms with Gasteiger partial charge in [-0.1, -0.05) is 18.2 Å². The number of nitrogens with one attached hydrogen (secondary N) is 2. The number of nitrogens with zero attached hydrogens (tertiary/aromatic N) is 1. The molecule has 0 spiro atoms. The minimum absolute atomic E-state index is 0.0696. The first kappa shape index (κ1) is 22.7. The van der Waals surface area contributed by atoms with Gasteiger partial charge in [0.05, 0.1) is 11.8 Å². The van der Waals surface area contributed by atoms with Crippen molar-refractivity contribution in [3.63, 3.8) is 0 Å². The third kappa shape index (κ3) is 6.02. The quantitative estimate of drug-likeness (QED) is 0.664. The number of anilines is 1. The van der Waals surface area contributed by atoms with E-state index in [9.17, 15) is 18.0 Å². The van der Waals surface area contributed by atoms with E-state index in [-0.39, 0.29) is 11.9 Å². The van der Waals surface area contributed by atoms with Gasteiger partial charge in [0.25, 0.3) is 0 Å². The van der Waals surface area contributed by atoms with E-state index in [0.29, 0.717) is 58.5 Å². The lowest BCUT2D eigenvalue weighted by Crippen LogP contribution is -2.50. The highest BCUT2D eigenvalue weighted by atomic mass is 32.2. The Morgan fingerprint density at radius 1 is 1.10 bits per heavy atom. The molecule has 2 saturated heterocycles. The number of sulfone groups is 1. The fourth-order valence-corrected chi connectivity index (χ4v) is 5.71. The van der Waals surface area contributed by atoms with Crippen LogP contribution in [0.2, 0.25) is 0 Å². The number of carbonyl (C=O) groups excluding carboxylic acids is 2. The van der Waals surface area contributed by atoms with E-state index in [0.717, 1.165) is 5.69 Å². The molecular formula is C21H31N3O5S. The average Bonchev–Trinajstić information content (AvgIpc) is 2.75. The third-order valence-electron chi connectivity index (χ3n) is 5.85. The van der Waals surface area contributed by atoms with Crippen LogP contribution in [0.1, 0.15) is 32.6 Å². The van der Waals surface area contributed by atoms with Crippen molar-refractivity contribution in [1.29, 1.82) is 0 Å². The monoisotopic (exact) mass is 437 g/mol. The van der Waals surface area contributed by atoms with Gasteiger partial charge in [0.2, 0.25) is 11.8 Å². The Kier molecular flexibility index (Phi) is 7.85. The molecule has 8 nitrogen and oxygen atoms in total. The molecule has 30 heavy (non-hydrogen) atoms. The summed E-state index contributed by atoms with van der Waals surface area (Å²) in [6.45, 7) is 3.97. The van der Waals surface area contributed by atoms with E-state index in [2.05, 4.69) is 10.6 Å². The van der Waals surface area contributed by atoms with Crippen LogP contribution in [0, 0.1) is 0 Å². The van der Waals surface area contributed by atoms with Crippen molar-refractivity contribution in [2.75, 3.05) is 38.2 Å². The van der Waals surface area contributed by atoms with E-state index in [1.807, 2.05) is 35.2 Å². The predicted molar refractivity (Wildman–Crippen MR) is 115 cm³/mol. The number of piperidine rings is 1. The Balaban J connectivity index is 1.42. The van der Waals surface area contributed by atoms with Gasteiger partial charge in [0.15, 0.2) is 9.84 Å². The number of hydrogen-bond donors (Lipinski definition) is 2. The number of likely N-dealkylation sites (tertiary alicyclic amines) is 1. The molecule has 0 radical (unpaired) electrons. The number of ether oxygens (including phenoxy) is 1. The molecule has 0 bridgehead atoms. The predicted octanol–water partition coefficient (Wildman–Crippen LogP) is 1.19. The van der Waals surface area contributed by atoms with E-state index >= 15 is 0 Å². The largest absolute Gasteiger partial charge is 0.381 e. The Morgan fingerprint density at radius 2 is 1.73 bits per heavy atom. The zero-order valence-electron chi connectivity index (χ0n) is 17.4. The molecule has 1 atom stereocenters. The second-order valence-corrected chi connectivity index (χ2v) is 10.6. The van der Waals surface area contributed by atoms with Gasteiger partial charge in [-0.2, -0.15) is 0 Å². The summed E-state index contributed by atoms with van der Waals surface area (Å²) in [5.41, 5.74) is 0.768. The second-order valence-electron chi connectivity index (χ2n) is 8.02. The molecule has 3 rings (SSSR count). The highest BCUT2D eigenvalue weighted by molar-refractivity contribution is 7.93. The number of hydrogen-bond acceptors (Lipinski definition) is 6. The molecule has 2 aliphatic heterocycles. The van der Waals surface area contributed by atoms with Gasteiger partial charge in [-0.3, -0.25) is 14.5 Å². The zero-order valence-corrected chi connectivity index (χ0v) is 18.2. The van der Waals surface area contributed by atoms with Crippen molar-refractivity contribution in [3.8, 4) is 0 Å². The van der Waals surface area contributed by atoms with Crippen molar-refractivity contribution in [1.82, 2.24) is 10.2 Å². The molecule has 2 N–H and O–H groups in total. The molecule has 0 saturated carbocycles. The van der Waals surface area contributed by atoms with Crippen LogP contribution in [0.4, 0.5) is 5.69 Å². The molecule has 2 amide bonds. The van der Waals surface area contributed by atoms with E-state index in [4.69, 9.17) is 4.74 Å². The molecule has 9 heteroatoms. The van der Waals surface area contributed by atoms with Crippen LogP contribution in [-0.2, 0) is 24.2 Å². The van der Waals surface area contributed by atoms with Crippen LogP contribution < -0.4 is 10.6 Å². The van der Waals surface area contributed by atoms with Gasteiger partial charge < -0.3 is 15.4 Å². The highest BCUT2D eigenvalue weighted by Gasteiger charge is 2.37. The van der Waals surface area contributed by atoms with Gasteiger partial charge in [-0.05, 0) is 44.7 Å². The maximum absolute atomic E-state index is 12.7. The summed E-state index contributed by atoms with van der Waals surface area (Å²) in [7, 11) is -3.52. The fourth-order valence-electron chi connectivity index (χ4n) is 3.92. The van der Waals surface area contributed by atoms with Gasteiger partial charge >= 0.3 is 0 Å². The summed E-state index contributed by atoms with van der Waals surface area (Å²) >= 11 is 0. The first-order valence-electron chi connectivity index (χ1n) is 10.5. The van der Waals surface area contributed by atoms with E-state index < -0.39 is 26.2 Å². The van der Waals surface area contributed by atoms with E-state index in [1.54, 1.807) is 0 Å². The van der Waals surface area contributed by atoms with Crippen LogP contribution in [0.25, 0.3) is 0 Å². The molecule has 0 aromatic heterocycles. The lowest BCUT2D eigenvalue weighted by Gasteiger charge is -2.32. The van der Waals surface area contributed by atoms with Gasteiger partial charge in [-0.15, -0.1) is 0 Å². The van der Waals surface area contributed by atoms with Crippen molar-refractivity contribution < 1.29 is 22.7 Å². The molecule has 0 aliphatic carbocycles. The minimum atomic E-state index is -3.52. The molecule has 0 unspecified atom stereocenters. The maximum Gasteiger partial charge on any atom is 0.238 e. The number of rotatable bonds is 7. The molecule has 2 aliphatic rings. The summed E-state index contributed by atoms with van der Waals surface area (Å²) in [5.74, 6) is -0.498. The SMILES string of the molecule is C[C@@H](C(=O)NC1CCN(CC(=O)Nc2ccccc2)CC1)S(=O)(=O)C1CCOCC1. The Hall–Kier alpha value is -1.97. The topological polar surface area (TPSA) is 105 Å². The van der Waals surface area contributed by atoms with Crippen molar-refractivity contribution in [2.45, 2.75) is 49.1 Å². The Labute approximate surface area is 178 Å². The Morgan fingerprint density at radius 3 is 2.37 bits per heavy atom. The number of amides is 2. The smallest absolute Gasteiger partial charge is 0.238 e. The molecule has 166 valence electrons. The maximum atomic E-state index is 12.7. The van der Waals surface area contributed by atoms with Gasteiger partial charge in [0.1, 0.15) is 5.25 Å². The third-order valence-corrected chi connectivity index (χ3v) is 8.45. The van der Waals surface area contributed by atoms with Crippen molar-refractivity contribution in [2.24, 2.45) is 0 Å². The Bertz CT molecular complexity index is 816. The van der Waals surface area contributed by atoms with Crippen LogP contribution in [0.3, 0.4) is 0 Å². The summed E-state index contributed by atoms with van der Waals surface area (Å²) in [6, 6.07) is 9.24. The van der Waals surface area contributed by atoms with Crippen LogP contribution in [0.5, 0.6) is 0 Å². The first-order valence-corrected chi connectivity index (χ1v) is 12.2. The number of benzene rings is 1. The minimum Gasteiger partial charge on any atom is -0.381 e. The standard InChI is InChI=1S/C21H31N3O5S/c1-16(30(27,28)19-9-13-29-14-10-19)21(26)23-18-7-11-24(12-8-18)15-20(25)22-17-5-3-2-4-6-17/h2-6,16,18-19H,7-15H2,1H3,(H,22,25)(H,23,26)/t16-/m0/s1. The van der Waals surface area contributed by atoms with Crippen LogP contribution in [-0.4, -0.2) is 74.5 Å². The van der Waals surface area contributed by atoms with Crippen LogP contribution in [0.15, 0.2) is 30.3 Å².